The lowest BCUT2D eigenvalue weighted by Gasteiger charge is -2.32. The van der Waals surface area contributed by atoms with E-state index in [1.165, 1.54) is 10.9 Å². The van der Waals surface area contributed by atoms with Crippen LogP contribution in [0.5, 0.6) is 0 Å². The van der Waals surface area contributed by atoms with Crippen molar-refractivity contribution in [3.63, 3.8) is 0 Å². The summed E-state index contributed by atoms with van der Waals surface area (Å²) in [6, 6.07) is 10.1. The molecule has 10 heteroatoms. The largest absolute Gasteiger partial charge is 0.416 e. The Morgan fingerprint density at radius 1 is 1.07 bits per heavy atom. The van der Waals surface area contributed by atoms with E-state index in [2.05, 4.69) is 4.98 Å². The van der Waals surface area contributed by atoms with Crippen LogP contribution in [0.4, 0.5) is 13.2 Å². The third-order valence-electron chi connectivity index (χ3n) is 5.24. The summed E-state index contributed by atoms with van der Waals surface area (Å²) in [6.07, 6.45) is -2.20. The molecule has 4 rings (SSSR count). The quantitative estimate of drug-likeness (QED) is 0.629. The number of halogens is 3. The highest BCUT2D eigenvalue weighted by Crippen LogP contribution is 2.32. The van der Waals surface area contributed by atoms with Gasteiger partial charge in [-0.15, -0.1) is 0 Å². The van der Waals surface area contributed by atoms with Crippen molar-refractivity contribution < 1.29 is 21.6 Å². The summed E-state index contributed by atoms with van der Waals surface area (Å²) in [5.74, 6) is 0. The molecule has 1 fully saturated rings. The number of hydrogen-bond acceptors (Lipinski definition) is 4. The van der Waals surface area contributed by atoms with Crippen LogP contribution in [0, 0.1) is 0 Å². The molecule has 1 saturated heterocycles. The van der Waals surface area contributed by atoms with Crippen LogP contribution >= 0.6 is 0 Å². The van der Waals surface area contributed by atoms with Crippen LogP contribution in [-0.4, -0.2) is 35.4 Å². The van der Waals surface area contributed by atoms with Gasteiger partial charge in [0, 0.05) is 13.1 Å². The molecule has 2 heterocycles. The van der Waals surface area contributed by atoms with E-state index in [0.717, 1.165) is 22.5 Å². The van der Waals surface area contributed by atoms with Gasteiger partial charge in [0.2, 0.25) is 10.0 Å². The Morgan fingerprint density at radius 3 is 2.60 bits per heavy atom. The molecular formula is C20H18F3N3O3S. The van der Waals surface area contributed by atoms with Gasteiger partial charge in [0.1, 0.15) is 0 Å². The molecule has 30 heavy (non-hydrogen) atoms. The van der Waals surface area contributed by atoms with Crippen LogP contribution in [0.25, 0.3) is 10.9 Å². The first kappa shape index (κ1) is 20.5. The topological polar surface area (TPSA) is 72.3 Å². The minimum Gasteiger partial charge on any atom is -0.294 e. The summed E-state index contributed by atoms with van der Waals surface area (Å²) in [4.78, 5) is 16.7. The first-order chi connectivity index (χ1) is 14.2. The molecule has 0 bridgehead atoms. The summed E-state index contributed by atoms with van der Waals surface area (Å²) in [6.45, 7) is 0.156. The Balaban J connectivity index is 1.66. The van der Waals surface area contributed by atoms with E-state index >= 15 is 0 Å². The van der Waals surface area contributed by atoms with Crippen LogP contribution < -0.4 is 5.56 Å². The Hall–Kier alpha value is -2.72. The summed E-state index contributed by atoms with van der Waals surface area (Å²) in [5, 5.41) is 0.429. The fourth-order valence-electron chi connectivity index (χ4n) is 3.69. The predicted molar refractivity (Wildman–Crippen MR) is 104 cm³/mol. The van der Waals surface area contributed by atoms with Gasteiger partial charge in [-0.25, -0.2) is 13.4 Å². The van der Waals surface area contributed by atoms with Crippen molar-refractivity contribution in [3.05, 3.63) is 70.8 Å². The molecule has 0 saturated carbocycles. The maximum absolute atomic E-state index is 13.0. The Morgan fingerprint density at radius 2 is 1.83 bits per heavy atom. The number of nitrogens with zero attached hydrogens (tertiary/aromatic N) is 3. The fourth-order valence-corrected chi connectivity index (χ4v) is 5.25. The van der Waals surface area contributed by atoms with Crippen LogP contribution in [0.15, 0.2) is 64.5 Å². The maximum atomic E-state index is 13.0. The summed E-state index contributed by atoms with van der Waals surface area (Å²) >= 11 is 0. The van der Waals surface area contributed by atoms with Crippen molar-refractivity contribution in [2.75, 3.05) is 13.1 Å². The summed E-state index contributed by atoms with van der Waals surface area (Å²) in [5.41, 5.74) is -0.751. The van der Waals surface area contributed by atoms with Crippen molar-refractivity contribution in [2.45, 2.75) is 30.0 Å². The molecule has 2 aromatic carbocycles. The highest BCUT2D eigenvalue weighted by atomic mass is 32.2. The standard InChI is InChI=1S/C20H18F3N3O3S/c21-20(22,23)14-5-3-7-16(11-14)30(28,29)25-10-4-6-15(12-25)26-13-24-18-9-2-1-8-17(18)19(26)27/h1-3,5,7-9,11,13,15H,4,6,10,12H2. The van der Waals surface area contributed by atoms with Gasteiger partial charge in [-0.1, -0.05) is 18.2 Å². The zero-order valence-corrected chi connectivity index (χ0v) is 16.5. The van der Waals surface area contributed by atoms with E-state index in [-0.39, 0.29) is 18.6 Å². The van der Waals surface area contributed by atoms with Crippen LogP contribution in [0.2, 0.25) is 0 Å². The van der Waals surface area contributed by atoms with Crippen LogP contribution in [-0.2, 0) is 16.2 Å². The lowest BCUT2D eigenvalue weighted by atomic mass is 10.1. The smallest absolute Gasteiger partial charge is 0.294 e. The minimum atomic E-state index is -4.64. The number of aromatic nitrogens is 2. The van der Waals surface area contributed by atoms with Gasteiger partial charge >= 0.3 is 6.18 Å². The third-order valence-corrected chi connectivity index (χ3v) is 7.10. The van der Waals surface area contributed by atoms with Gasteiger partial charge in [-0.05, 0) is 43.2 Å². The van der Waals surface area contributed by atoms with E-state index in [1.54, 1.807) is 24.3 Å². The monoisotopic (exact) mass is 437 g/mol. The molecule has 1 aliphatic rings. The molecule has 0 amide bonds. The highest BCUT2D eigenvalue weighted by Gasteiger charge is 2.35. The first-order valence-electron chi connectivity index (χ1n) is 9.31. The van der Waals surface area contributed by atoms with Crippen LogP contribution in [0.1, 0.15) is 24.4 Å². The van der Waals surface area contributed by atoms with Crippen molar-refractivity contribution in [1.29, 1.82) is 0 Å². The number of benzene rings is 2. The molecule has 1 unspecified atom stereocenters. The lowest BCUT2D eigenvalue weighted by molar-refractivity contribution is -0.137. The van der Waals surface area contributed by atoms with Gasteiger partial charge in [-0.2, -0.15) is 17.5 Å². The summed E-state index contributed by atoms with van der Waals surface area (Å²) in [7, 11) is -4.14. The molecule has 0 aliphatic carbocycles. The number of alkyl halides is 3. The van der Waals surface area contributed by atoms with Crippen molar-refractivity contribution in [3.8, 4) is 0 Å². The van der Waals surface area contributed by atoms with Gasteiger partial charge < -0.3 is 0 Å². The Labute approximate surface area is 170 Å². The lowest BCUT2D eigenvalue weighted by Crippen LogP contribution is -2.42. The van der Waals surface area contributed by atoms with Crippen molar-refractivity contribution in [1.82, 2.24) is 13.9 Å². The second-order valence-electron chi connectivity index (χ2n) is 7.16. The SMILES string of the molecule is O=c1c2ccccc2ncn1C1CCCN(S(=O)(=O)c2cccc(C(F)(F)F)c2)C1. The molecule has 0 radical (unpaired) electrons. The van der Waals surface area contributed by atoms with Crippen molar-refractivity contribution in [2.24, 2.45) is 0 Å². The van der Waals surface area contributed by atoms with E-state index in [4.69, 9.17) is 0 Å². The van der Waals surface area contributed by atoms with Gasteiger partial charge in [0.05, 0.1) is 33.7 Å². The van der Waals surface area contributed by atoms with Crippen LogP contribution in [0.3, 0.4) is 0 Å². The second-order valence-corrected chi connectivity index (χ2v) is 9.10. The molecule has 3 aromatic rings. The van der Waals surface area contributed by atoms with E-state index in [9.17, 15) is 26.4 Å². The molecule has 0 N–H and O–H groups in total. The molecule has 0 spiro atoms. The van der Waals surface area contributed by atoms with Gasteiger partial charge in [-0.3, -0.25) is 9.36 Å². The Bertz CT molecular complexity index is 1260. The molecule has 1 aliphatic heterocycles. The first-order valence-corrected chi connectivity index (χ1v) is 10.8. The third kappa shape index (κ3) is 3.72. The molecule has 158 valence electrons. The highest BCUT2D eigenvalue weighted by molar-refractivity contribution is 7.89. The van der Waals surface area contributed by atoms with E-state index < -0.39 is 32.7 Å². The number of fused-ring (bicyclic) bond motifs is 1. The number of sulfonamides is 1. The predicted octanol–water partition coefficient (Wildman–Crippen LogP) is 3.44. The number of rotatable bonds is 3. The zero-order valence-electron chi connectivity index (χ0n) is 15.7. The van der Waals surface area contributed by atoms with Gasteiger partial charge in [0.25, 0.3) is 5.56 Å². The second kappa shape index (κ2) is 7.51. The normalized spacial score (nSPS) is 18.6. The van der Waals surface area contributed by atoms with Crippen molar-refractivity contribution >= 4 is 20.9 Å². The number of piperidine rings is 1. The molecule has 1 aromatic heterocycles. The molecule has 1 atom stereocenters. The van der Waals surface area contributed by atoms with Gasteiger partial charge in [0.15, 0.2) is 0 Å². The van der Waals surface area contributed by atoms with E-state index in [0.29, 0.717) is 29.8 Å². The Kier molecular flexibility index (Phi) is 5.15. The summed E-state index contributed by atoms with van der Waals surface area (Å²) < 4.78 is 67.5. The maximum Gasteiger partial charge on any atom is 0.416 e. The van der Waals surface area contributed by atoms with E-state index in [1.807, 2.05) is 0 Å². The average Bonchev–Trinajstić information content (AvgIpc) is 2.74. The zero-order chi connectivity index (χ0) is 21.5. The number of para-hydroxylation sites is 1. The molecule has 6 nitrogen and oxygen atoms in total. The fraction of sp³-hybridized carbons (Fsp3) is 0.300. The molecular weight excluding hydrogens is 419 g/mol. The average molecular weight is 437 g/mol. The number of hydrogen-bond donors (Lipinski definition) is 0. The minimum absolute atomic E-state index is 0.0154.